The van der Waals surface area contributed by atoms with Crippen molar-refractivity contribution < 1.29 is 0 Å². The molecule has 1 unspecified atom stereocenters. The summed E-state index contributed by atoms with van der Waals surface area (Å²) in [4.78, 5) is 2.57. The van der Waals surface area contributed by atoms with E-state index in [1.807, 2.05) is 0 Å². The Labute approximate surface area is 82.5 Å². The molecule has 1 saturated heterocycles. The average Bonchev–Trinajstić information content (AvgIpc) is 2.28. The van der Waals surface area contributed by atoms with E-state index in [1.54, 1.807) is 0 Å². The van der Waals surface area contributed by atoms with Crippen LogP contribution in [0.25, 0.3) is 0 Å². The first-order valence-corrected chi connectivity index (χ1v) is 5.51. The highest BCUT2D eigenvalue weighted by atomic mass is 15.2. The molecule has 1 heterocycles. The second kappa shape index (κ2) is 4.43. The van der Waals surface area contributed by atoms with E-state index in [4.69, 9.17) is 5.73 Å². The maximum absolute atomic E-state index is 5.84. The van der Waals surface area contributed by atoms with E-state index >= 15 is 0 Å². The van der Waals surface area contributed by atoms with Crippen molar-refractivity contribution in [3.8, 4) is 0 Å². The van der Waals surface area contributed by atoms with Gasteiger partial charge in [0.15, 0.2) is 0 Å². The Balaban J connectivity index is 2.59. The van der Waals surface area contributed by atoms with Crippen LogP contribution in [-0.2, 0) is 0 Å². The van der Waals surface area contributed by atoms with Gasteiger partial charge in [0.1, 0.15) is 0 Å². The Morgan fingerprint density at radius 1 is 1.38 bits per heavy atom. The maximum Gasteiger partial charge on any atom is 0.00501 e. The molecule has 0 aromatic carbocycles. The van der Waals surface area contributed by atoms with Gasteiger partial charge in [-0.2, -0.15) is 0 Å². The largest absolute Gasteiger partial charge is 0.330 e. The van der Waals surface area contributed by atoms with Crippen molar-refractivity contribution in [2.75, 3.05) is 19.6 Å². The Hall–Kier alpha value is -0.0800. The van der Waals surface area contributed by atoms with Gasteiger partial charge in [0.25, 0.3) is 0 Å². The van der Waals surface area contributed by atoms with E-state index in [-0.39, 0.29) is 0 Å². The second-order valence-corrected chi connectivity index (χ2v) is 5.04. The van der Waals surface area contributed by atoms with Gasteiger partial charge < -0.3 is 10.6 Å². The highest BCUT2D eigenvalue weighted by Crippen LogP contribution is 2.28. The molecule has 0 radical (unpaired) electrons. The van der Waals surface area contributed by atoms with Crippen LogP contribution in [0.2, 0.25) is 0 Å². The zero-order chi connectivity index (χ0) is 9.90. The summed E-state index contributed by atoms with van der Waals surface area (Å²) in [6.45, 7) is 10.2. The first-order chi connectivity index (χ1) is 6.07. The topological polar surface area (TPSA) is 29.3 Å². The third-order valence-electron chi connectivity index (χ3n) is 3.28. The van der Waals surface area contributed by atoms with E-state index in [0.29, 0.717) is 11.5 Å². The molecule has 0 aromatic heterocycles. The number of nitrogens with two attached hydrogens (primary N) is 1. The van der Waals surface area contributed by atoms with Crippen molar-refractivity contribution in [1.29, 1.82) is 0 Å². The van der Waals surface area contributed by atoms with Crippen LogP contribution in [0, 0.1) is 5.41 Å². The van der Waals surface area contributed by atoms with Gasteiger partial charge in [-0.25, -0.2) is 0 Å². The smallest absolute Gasteiger partial charge is 0.00501 e. The van der Waals surface area contributed by atoms with Gasteiger partial charge in [-0.1, -0.05) is 13.3 Å². The van der Waals surface area contributed by atoms with Gasteiger partial charge in [0.2, 0.25) is 0 Å². The molecule has 0 amide bonds. The van der Waals surface area contributed by atoms with E-state index < -0.39 is 0 Å². The fraction of sp³-hybridized carbons (Fsp3) is 1.00. The van der Waals surface area contributed by atoms with Gasteiger partial charge >= 0.3 is 0 Å². The molecule has 0 spiro atoms. The van der Waals surface area contributed by atoms with Crippen LogP contribution in [0.5, 0.6) is 0 Å². The van der Waals surface area contributed by atoms with Crippen LogP contribution in [0.15, 0.2) is 0 Å². The zero-order valence-corrected chi connectivity index (χ0v) is 9.34. The summed E-state index contributed by atoms with van der Waals surface area (Å²) in [6, 6.07) is 0.670. The highest BCUT2D eigenvalue weighted by molar-refractivity contribution is 4.83. The first kappa shape index (κ1) is 11.0. The van der Waals surface area contributed by atoms with Crippen molar-refractivity contribution in [3.63, 3.8) is 0 Å². The molecule has 1 aliphatic rings. The second-order valence-electron chi connectivity index (χ2n) is 5.04. The summed E-state index contributed by atoms with van der Waals surface area (Å²) in [7, 11) is 0. The Morgan fingerprint density at radius 3 is 2.62 bits per heavy atom. The third kappa shape index (κ3) is 2.96. The predicted molar refractivity (Wildman–Crippen MR) is 57.7 cm³/mol. The van der Waals surface area contributed by atoms with Gasteiger partial charge in [-0.15, -0.1) is 0 Å². The summed E-state index contributed by atoms with van der Waals surface area (Å²) < 4.78 is 0. The molecule has 1 aliphatic heterocycles. The quantitative estimate of drug-likeness (QED) is 0.709. The molecule has 0 bridgehead atoms. The number of nitrogens with zero attached hydrogens (tertiary/aromatic N) is 1. The van der Waals surface area contributed by atoms with Crippen LogP contribution in [0.3, 0.4) is 0 Å². The van der Waals surface area contributed by atoms with Crippen LogP contribution >= 0.6 is 0 Å². The van der Waals surface area contributed by atoms with Gasteiger partial charge in [-0.05, 0) is 45.2 Å². The number of rotatable bonds is 2. The van der Waals surface area contributed by atoms with Gasteiger partial charge in [0.05, 0.1) is 0 Å². The van der Waals surface area contributed by atoms with E-state index in [1.165, 1.54) is 32.4 Å². The monoisotopic (exact) mass is 184 g/mol. The molecule has 1 fully saturated rings. The highest BCUT2D eigenvalue weighted by Gasteiger charge is 2.28. The molecule has 1 atom stereocenters. The summed E-state index contributed by atoms with van der Waals surface area (Å²) >= 11 is 0. The lowest BCUT2D eigenvalue weighted by molar-refractivity contribution is 0.153. The van der Waals surface area contributed by atoms with Crippen LogP contribution in [-0.4, -0.2) is 30.6 Å². The van der Waals surface area contributed by atoms with E-state index in [2.05, 4.69) is 25.7 Å². The number of hydrogen-bond donors (Lipinski definition) is 1. The van der Waals surface area contributed by atoms with Crippen molar-refractivity contribution in [2.24, 2.45) is 11.1 Å². The molecular weight excluding hydrogens is 160 g/mol. The first-order valence-electron chi connectivity index (χ1n) is 5.51. The number of likely N-dealkylation sites (tertiary alicyclic amines) is 1. The minimum absolute atomic E-state index is 0.362. The molecule has 0 saturated carbocycles. The molecular formula is C11H24N2. The minimum Gasteiger partial charge on any atom is -0.330 e. The molecule has 2 nitrogen and oxygen atoms in total. The summed E-state index contributed by atoms with van der Waals surface area (Å²) in [5, 5.41) is 0. The molecule has 2 heteroatoms. The molecule has 78 valence electrons. The van der Waals surface area contributed by atoms with Crippen molar-refractivity contribution >= 4 is 0 Å². The Bertz CT molecular complexity index is 156. The predicted octanol–water partition coefficient (Wildman–Crippen LogP) is 1.85. The van der Waals surface area contributed by atoms with Crippen molar-refractivity contribution in [2.45, 2.75) is 46.1 Å². The third-order valence-corrected chi connectivity index (χ3v) is 3.28. The molecule has 0 aromatic rings. The SMILES string of the molecule is CC(C)N1CCCCC(C)(CN)C1. The van der Waals surface area contributed by atoms with Crippen molar-refractivity contribution in [1.82, 2.24) is 4.90 Å². The van der Waals surface area contributed by atoms with Crippen molar-refractivity contribution in [3.05, 3.63) is 0 Å². The average molecular weight is 184 g/mol. The van der Waals surface area contributed by atoms with Gasteiger partial charge in [-0.3, -0.25) is 0 Å². The molecule has 1 rings (SSSR count). The Morgan fingerprint density at radius 2 is 2.08 bits per heavy atom. The van der Waals surface area contributed by atoms with Crippen LogP contribution < -0.4 is 5.73 Å². The fourth-order valence-electron chi connectivity index (χ4n) is 2.12. The minimum atomic E-state index is 0.362. The molecule has 2 N–H and O–H groups in total. The van der Waals surface area contributed by atoms with Crippen LogP contribution in [0.1, 0.15) is 40.0 Å². The normalized spacial score (nSPS) is 32.1. The fourth-order valence-corrected chi connectivity index (χ4v) is 2.12. The number of hydrogen-bond acceptors (Lipinski definition) is 2. The van der Waals surface area contributed by atoms with Crippen LogP contribution in [0.4, 0.5) is 0 Å². The summed E-state index contributed by atoms with van der Waals surface area (Å²) in [5.41, 5.74) is 6.20. The molecule has 13 heavy (non-hydrogen) atoms. The van der Waals surface area contributed by atoms with E-state index in [0.717, 1.165) is 6.54 Å². The summed E-state index contributed by atoms with van der Waals surface area (Å²) in [5.74, 6) is 0. The Kier molecular flexibility index (Phi) is 3.74. The van der Waals surface area contributed by atoms with Gasteiger partial charge in [0, 0.05) is 12.6 Å². The lowest BCUT2D eigenvalue weighted by Crippen LogP contribution is -2.42. The zero-order valence-electron chi connectivity index (χ0n) is 9.34. The lowest BCUT2D eigenvalue weighted by atomic mass is 9.85. The molecule has 0 aliphatic carbocycles. The standard InChI is InChI=1S/C11H24N2/c1-10(2)13-7-5-4-6-11(3,8-12)9-13/h10H,4-9,12H2,1-3H3. The van der Waals surface area contributed by atoms with E-state index in [9.17, 15) is 0 Å². The summed E-state index contributed by atoms with van der Waals surface area (Å²) in [6.07, 6.45) is 3.98. The maximum atomic E-state index is 5.84. The lowest BCUT2D eigenvalue weighted by Gasteiger charge is -2.34.